The van der Waals surface area contributed by atoms with Gasteiger partial charge in [-0.2, -0.15) is 4.98 Å². The number of para-hydroxylation sites is 1. The van der Waals surface area contributed by atoms with Crippen LogP contribution in [0.2, 0.25) is 0 Å². The van der Waals surface area contributed by atoms with E-state index in [4.69, 9.17) is 14.4 Å². The third-order valence-corrected chi connectivity index (χ3v) is 6.12. The first-order valence-corrected chi connectivity index (χ1v) is 10.6. The highest BCUT2D eigenvalue weighted by molar-refractivity contribution is 6.21. The van der Waals surface area contributed by atoms with Gasteiger partial charge in [0.05, 0.1) is 28.4 Å². The molecule has 4 aromatic carbocycles. The fraction of sp³-hybridized carbons (Fsp3) is 0. The maximum Gasteiger partial charge on any atom is 0.238 e. The lowest BCUT2D eigenvalue weighted by Gasteiger charge is -2.09. The summed E-state index contributed by atoms with van der Waals surface area (Å²) >= 11 is 0. The predicted octanol–water partition coefficient (Wildman–Crippen LogP) is 7.14. The van der Waals surface area contributed by atoms with Gasteiger partial charge >= 0.3 is 0 Å². The molecule has 0 aliphatic carbocycles. The zero-order valence-corrected chi connectivity index (χ0v) is 17.1. The molecule has 4 heteroatoms. The van der Waals surface area contributed by atoms with Gasteiger partial charge in [-0.1, -0.05) is 78.9 Å². The number of benzene rings is 4. The third-order valence-electron chi connectivity index (χ3n) is 6.12. The molecule has 7 rings (SSSR count). The Hall–Kier alpha value is -4.44. The highest BCUT2D eigenvalue weighted by Gasteiger charge is 2.19. The Morgan fingerprint density at radius 3 is 2.28 bits per heavy atom. The van der Waals surface area contributed by atoms with Crippen molar-refractivity contribution >= 4 is 43.7 Å². The van der Waals surface area contributed by atoms with E-state index in [9.17, 15) is 0 Å². The van der Waals surface area contributed by atoms with E-state index in [0.29, 0.717) is 11.7 Å². The Bertz CT molecular complexity index is 1780. The summed E-state index contributed by atoms with van der Waals surface area (Å²) in [6.07, 6.45) is 1.68. The average Bonchev–Trinajstić information content (AvgIpc) is 3.46. The smallest absolute Gasteiger partial charge is 0.238 e. The molecule has 3 heterocycles. The van der Waals surface area contributed by atoms with Gasteiger partial charge in [0, 0.05) is 16.3 Å². The molecule has 0 saturated carbocycles. The molecule has 0 bridgehead atoms. The highest BCUT2D eigenvalue weighted by Crippen LogP contribution is 2.37. The highest BCUT2D eigenvalue weighted by atomic mass is 16.3. The van der Waals surface area contributed by atoms with Gasteiger partial charge in [0.2, 0.25) is 11.7 Å². The average molecular weight is 411 g/mol. The predicted molar refractivity (Wildman–Crippen MR) is 129 cm³/mol. The SMILES string of the molecule is c1ccc(-c2nc(-n3c4ccccc4c4c5ccccc5ccc43)nc3occc23)cc1. The molecule has 4 nitrogen and oxygen atoms in total. The van der Waals surface area contributed by atoms with Gasteiger partial charge in [-0.05, 0) is 29.0 Å². The van der Waals surface area contributed by atoms with Crippen molar-refractivity contribution in [2.45, 2.75) is 0 Å². The normalized spacial score (nSPS) is 11.8. The summed E-state index contributed by atoms with van der Waals surface area (Å²) in [6, 6.07) is 33.4. The molecule has 0 N–H and O–H groups in total. The summed E-state index contributed by atoms with van der Waals surface area (Å²) in [5.74, 6) is 0.604. The van der Waals surface area contributed by atoms with Gasteiger partial charge in [0.15, 0.2) is 0 Å². The van der Waals surface area contributed by atoms with E-state index < -0.39 is 0 Å². The quantitative estimate of drug-likeness (QED) is 0.304. The first-order chi connectivity index (χ1) is 15.9. The van der Waals surface area contributed by atoms with Crippen LogP contribution >= 0.6 is 0 Å². The van der Waals surface area contributed by atoms with Crippen LogP contribution in [0.3, 0.4) is 0 Å². The van der Waals surface area contributed by atoms with E-state index in [1.54, 1.807) is 6.26 Å². The van der Waals surface area contributed by atoms with Crippen molar-refractivity contribution in [2.24, 2.45) is 0 Å². The zero-order chi connectivity index (χ0) is 21.1. The van der Waals surface area contributed by atoms with E-state index in [2.05, 4.69) is 77.4 Å². The standard InChI is InChI=1S/C28H17N3O/c1-2-9-19(10-3-1)26-22-16-17-32-27(22)30-28(29-26)31-23-13-7-6-12-21(23)25-20-11-5-4-8-18(20)14-15-24(25)31/h1-17H. The van der Waals surface area contributed by atoms with Crippen LogP contribution < -0.4 is 0 Å². The molecule has 0 spiro atoms. The van der Waals surface area contributed by atoms with E-state index >= 15 is 0 Å². The second-order valence-corrected chi connectivity index (χ2v) is 7.91. The number of furan rings is 1. The number of aromatic nitrogens is 3. The molecule has 0 aliphatic rings. The van der Waals surface area contributed by atoms with Crippen LogP contribution in [0.4, 0.5) is 0 Å². The van der Waals surface area contributed by atoms with Crippen LogP contribution in [-0.4, -0.2) is 14.5 Å². The Morgan fingerprint density at radius 1 is 0.594 bits per heavy atom. The Kier molecular flexibility index (Phi) is 3.52. The van der Waals surface area contributed by atoms with Gasteiger partial charge in [0.1, 0.15) is 0 Å². The molecule has 0 fully saturated rings. The van der Waals surface area contributed by atoms with Gasteiger partial charge in [-0.3, -0.25) is 4.57 Å². The van der Waals surface area contributed by atoms with Crippen LogP contribution in [0.15, 0.2) is 108 Å². The van der Waals surface area contributed by atoms with Gasteiger partial charge < -0.3 is 4.42 Å². The number of nitrogens with zero attached hydrogens (tertiary/aromatic N) is 3. The molecular weight excluding hydrogens is 394 g/mol. The Labute approximate surface area is 183 Å². The first kappa shape index (κ1) is 17.3. The van der Waals surface area contributed by atoms with Crippen molar-refractivity contribution in [1.29, 1.82) is 0 Å². The first-order valence-electron chi connectivity index (χ1n) is 10.6. The molecule has 150 valence electrons. The lowest BCUT2D eigenvalue weighted by molar-refractivity contribution is 0.601. The van der Waals surface area contributed by atoms with Crippen LogP contribution in [-0.2, 0) is 0 Å². The van der Waals surface area contributed by atoms with E-state index in [1.807, 2.05) is 24.3 Å². The third kappa shape index (κ3) is 2.38. The minimum Gasteiger partial charge on any atom is -0.446 e. The number of fused-ring (bicyclic) bond motifs is 6. The molecular formula is C28H17N3O. The maximum atomic E-state index is 5.75. The van der Waals surface area contributed by atoms with Gasteiger partial charge in [0.25, 0.3) is 0 Å². The monoisotopic (exact) mass is 411 g/mol. The van der Waals surface area contributed by atoms with Crippen molar-refractivity contribution in [2.75, 3.05) is 0 Å². The molecule has 0 unspecified atom stereocenters. The summed E-state index contributed by atoms with van der Waals surface area (Å²) in [5, 5.41) is 5.75. The minimum absolute atomic E-state index is 0.584. The van der Waals surface area contributed by atoms with Crippen molar-refractivity contribution in [1.82, 2.24) is 14.5 Å². The van der Waals surface area contributed by atoms with Crippen LogP contribution in [0.1, 0.15) is 0 Å². The lowest BCUT2D eigenvalue weighted by Crippen LogP contribution is -2.02. The van der Waals surface area contributed by atoms with Crippen molar-refractivity contribution in [3.63, 3.8) is 0 Å². The molecule has 0 saturated heterocycles. The van der Waals surface area contributed by atoms with Crippen molar-refractivity contribution in [3.05, 3.63) is 103 Å². The molecule has 7 aromatic rings. The summed E-state index contributed by atoms with van der Waals surface area (Å²) in [4.78, 5) is 9.89. The fourth-order valence-corrected chi connectivity index (χ4v) is 4.71. The van der Waals surface area contributed by atoms with Crippen LogP contribution in [0.5, 0.6) is 0 Å². The number of hydrogen-bond donors (Lipinski definition) is 0. The topological polar surface area (TPSA) is 43.9 Å². The zero-order valence-electron chi connectivity index (χ0n) is 17.1. The summed E-state index contributed by atoms with van der Waals surface area (Å²) in [6.45, 7) is 0. The van der Waals surface area contributed by atoms with Crippen molar-refractivity contribution in [3.8, 4) is 17.2 Å². The van der Waals surface area contributed by atoms with Gasteiger partial charge in [-0.15, -0.1) is 0 Å². The number of hydrogen-bond acceptors (Lipinski definition) is 3. The van der Waals surface area contributed by atoms with E-state index in [1.165, 1.54) is 21.5 Å². The largest absolute Gasteiger partial charge is 0.446 e. The van der Waals surface area contributed by atoms with Crippen LogP contribution in [0.25, 0.3) is 60.9 Å². The molecule has 0 radical (unpaired) electrons. The molecule has 3 aromatic heterocycles. The summed E-state index contributed by atoms with van der Waals surface area (Å²) < 4.78 is 7.89. The maximum absolute atomic E-state index is 5.75. The van der Waals surface area contributed by atoms with Crippen molar-refractivity contribution < 1.29 is 4.42 Å². The van der Waals surface area contributed by atoms with E-state index in [-0.39, 0.29) is 0 Å². The van der Waals surface area contributed by atoms with E-state index in [0.717, 1.165) is 27.7 Å². The van der Waals surface area contributed by atoms with Gasteiger partial charge in [-0.25, -0.2) is 4.98 Å². The fourth-order valence-electron chi connectivity index (χ4n) is 4.71. The Morgan fingerprint density at radius 2 is 1.38 bits per heavy atom. The second-order valence-electron chi connectivity index (χ2n) is 7.91. The minimum atomic E-state index is 0.584. The molecule has 32 heavy (non-hydrogen) atoms. The molecule has 0 atom stereocenters. The van der Waals surface area contributed by atoms with Crippen LogP contribution in [0, 0.1) is 0 Å². The summed E-state index contributed by atoms with van der Waals surface area (Å²) in [5.41, 5.74) is 4.64. The lowest BCUT2D eigenvalue weighted by atomic mass is 10.0. The molecule has 0 amide bonds. The summed E-state index contributed by atoms with van der Waals surface area (Å²) in [7, 11) is 0. The Balaban J connectivity index is 1.64. The second kappa shape index (κ2) is 6.53. The number of rotatable bonds is 2. The molecule has 0 aliphatic heterocycles.